The van der Waals surface area contributed by atoms with Crippen molar-refractivity contribution in [3.8, 4) is 0 Å². The van der Waals surface area contributed by atoms with E-state index in [9.17, 15) is 19.5 Å². The zero-order valence-electron chi connectivity index (χ0n) is 12.1. The number of hydrogen-bond donors (Lipinski definition) is 2. The van der Waals surface area contributed by atoms with Crippen LogP contribution in [0.25, 0.3) is 0 Å². The summed E-state index contributed by atoms with van der Waals surface area (Å²) in [6.45, 7) is 2.84. The topological polar surface area (TPSA) is 90.5 Å². The van der Waals surface area contributed by atoms with Crippen LogP contribution < -0.4 is 5.56 Å². The van der Waals surface area contributed by atoms with E-state index in [0.717, 1.165) is 6.42 Å². The van der Waals surface area contributed by atoms with Gasteiger partial charge in [0, 0.05) is 25.4 Å². The Balaban J connectivity index is 2.06. The van der Waals surface area contributed by atoms with Crippen molar-refractivity contribution in [3.63, 3.8) is 0 Å². The molecule has 1 aromatic rings. The van der Waals surface area contributed by atoms with Gasteiger partial charge in [-0.3, -0.25) is 14.4 Å². The molecule has 6 heteroatoms. The molecule has 0 aliphatic carbocycles. The normalized spacial score (nSPS) is 17.5. The summed E-state index contributed by atoms with van der Waals surface area (Å²) in [5, 5.41) is 9.45. The molecule has 1 amide bonds. The summed E-state index contributed by atoms with van der Waals surface area (Å²) in [7, 11) is 0. The van der Waals surface area contributed by atoms with Crippen LogP contribution in [0.2, 0.25) is 0 Å². The van der Waals surface area contributed by atoms with Crippen molar-refractivity contribution in [1.82, 2.24) is 9.88 Å². The third kappa shape index (κ3) is 3.15. The van der Waals surface area contributed by atoms with E-state index < -0.39 is 11.4 Å². The minimum atomic E-state index is -0.763. The fraction of sp³-hybridized carbons (Fsp3) is 0.533. The second-order valence-electron chi connectivity index (χ2n) is 5.57. The van der Waals surface area contributed by atoms with Gasteiger partial charge in [-0.1, -0.05) is 13.3 Å². The quantitative estimate of drug-likeness (QED) is 0.879. The molecule has 0 bridgehead atoms. The van der Waals surface area contributed by atoms with E-state index in [1.807, 2.05) is 6.92 Å². The lowest BCUT2D eigenvalue weighted by Crippen LogP contribution is -2.46. The molecule has 1 aliphatic rings. The minimum Gasteiger partial charge on any atom is -0.481 e. The van der Waals surface area contributed by atoms with Crippen molar-refractivity contribution < 1.29 is 14.7 Å². The number of pyridine rings is 1. The molecule has 1 aromatic heterocycles. The Bertz CT molecular complexity index is 565. The number of nitrogens with zero attached hydrogens (tertiary/aromatic N) is 1. The number of aromatic nitrogens is 1. The van der Waals surface area contributed by atoms with Crippen molar-refractivity contribution in [1.29, 1.82) is 0 Å². The molecule has 114 valence electrons. The molecule has 2 heterocycles. The maximum Gasteiger partial charge on any atom is 0.309 e. The number of carbonyl (C=O) groups excluding carboxylic acids is 1. The lowest BCUT2D eigenvalue weighted by molar-refractivity contribution is -0.152. The molecule has 1 aliphatic heterocycles. The van der Waals surface area contributed by atoms with Crippen molar-refractivity contribution in [2.45, 2.75) is 32.6 Å². The number of carboxylic acid groups (broad SMARTS) is 1. The molecule has 21 heavy (non-hydrogen) atoms. The molecule has 6 nitrogen and oxygen atoms in total. The van der Waals surface area contributed by atoms with Crippen LogP contribution in [0.4, 0.5) is 0 Å². The highest BCUT2D eigenvalue weighted by Gasteiger charge is 2.41. The number of carboxylic acids is 1. The number of H-pyrrole nitrogens is 1. The number of piperidine rings is 1. The Labute approximate surface area is 122 Å². The first kappa shape index (κ1) is 15.3. The molecule has 2 N–H and O–H groups in total. The van der Waals surface area contributed by atoms with Crippen LogP contribution in [-0.2, 0) is 4.79 Å². The van der Waals surface area contributed by atoms with Gasteiger partial charge in [-0.05, 0) is 25.3 Å². The van der Waals surface area contributed by atoms with E-state index in [1.54, 1.807) is 4.90 Å². The summed E-state index contributed by atoms with van der Waals surface area (Å²) in [6.07, 6.45) is 3.81. The van der Waals surface area contributed by atoms with Crippen molar-refractivity contribution >= 4 is 11.9 Å². The average Bonchev–Trinajstić information content (AvgIpc) is 2.48. The number of rotatable bonds is 4. The molecular formula is C15H20N2O4. The number of nitrogens with one attached hydrogen (secondary N) is 1. The predicted molar refractivity (Wildman–Crippen MR) is 77.2 cm³/mol. The zero-order valence-corrected chi connectivity index (χ0v) is 12.1. The lowest BCUT2D eigenvalue weighted by atomic mass is 9.75. The molecule has 1 saturated heterocycles. The Morgan fingerprint density at radius 2 is 2.00 bits per heavy atom. The van der Waals surface area contributed by atoms with Gasteiger partial charge in [-0.15, -0.1) is 0 Å². The van der Waals surface area contributed by atoms with Gasteiger partial charge >= 0.3 is 5.97 Å². The second-order valence-corrected chi connectivity index (χ2v) is 5.57. The molecular weight excluding hydrogens is 272 g/mol. The largest absolute Gasteiger partial charge is 0.481 e. The van der Waals surface area contributed by atoms with Crippen molar-refractivity contribution in [3.05, 3.63) is 34.2 Å². The van der Waals surface area contributed by atoms with Crippen LogP contribution in [0.1, 0.15) is 43.0 Å². The number of aliphatic carboxylic acids is 1. The highest BCUT2D eigenvalue weighted by atomic mass is 16.4. The Morgan fingerprint density at radius 1 is 1.33 bits per heavy atom. The molecule has 0 spiro atoms. The molecule has 1 fully saturated rings. The maximum atomic E-state index is 12.3. The first-order valence-corrected chi connectivity index (χ1v) is 7.20. The van der Waals surface area contributed by atoms with Gasteiger partial charge < -0.3 is 15.0 Å². The van der Waals surface area contributed by atoms with Crippen LogP contribution in [-0.4, -0.2) is 40.0 Å². The number of carbonyl (C=O) groups is 2. The van der Waals surface area contributed by atoms with Crippen molar-refractivity contribution in [2.75, 3.05) is 13.1 Å². The van der Waals surface area contributed by atoms with Crippen LogP contribution in [0, 0.1) is 5.41 Å². The highest BCUT2D eigenvalue weighted by Crippen LogP contribution is 2.36. The molecule has 2 rings (SSSR count). The van der Waals surface area contributed by atoms with Crippen LogP contribution in [0.5, 0.6) is 0 Å². The molecule has 0 aromatic carbocycles. The van der Waals surface area contributed by atoms with Gasteiger partial charge in [0.1, 0.15) is 0 Å². The SMILES string of the molecule is CCCC1(C(=O)O)CCN(C(=O)c2ccc(=O)[nH]c2)CC1. The van der Waals surface area contributed by atoms with Crippen LogP contribution in [0.15, 0.2) is 23.1 Å². The third-order valence-corrected chi connectivity index (χ3v) is 4.22. The standard InChI is InChI=1S/C15H20N2O4/c1-2-5-15(14(20)21)6-8-17(9-7-15)13(19)11-3-4-12(18)16-10-11/h3-4,10H,2,5-9H2,1H3,(H,16,18)(H,20,21). The molecule has 0 unspecified atom stereocenters. The molecule has 0 radical (unpaired) electrons. The fourth-order valence-electron chi connectivity index (χ4n) is 2.91. The van der Waals surface area contributed by atoms with Crippen LogP contribution >= 0.6 is 0 Å². The Morgan fingerprint density at radius 3 is 2.48 bits per heavy atom. The number of aromatic amines is 1. The summed E-state index contributed by atoms with van der Waals surface area (Å²) < 4.78 is 0. The Hall–Kier alpha value is -2.11. The maximum absolute atomic E-state index is 12.3. The predicted octanol–water partition coefficient (Wildman–Crippen LogP) is 1.48. The van der Waals surface area contributed by atoms with E-state index in [1.165, 1.54) is 18.3 Å². The van der Waals surface area contributed by atoms with Crippen molar-refractivity contribution in [2.24, 2.45) is 5.41 Å². The number of hydrogen-bond acceptors (Lipinski definition) is 3. The second kappa shape index (κ2) is 6.11. The first-order chi connectivity index (χ1) is 9.98. The van der Waals surface area contributed by atoms with Gasteiger partial charge in [0.25, 0.3) is 5.91 Å². The van der Waals surface area contributed by atoms with Gasteiger partial charge in [0.05, 0.1) is 11.0 Å². The summed E-state index contributed by atoms with van der Waals surface area (Å²) in [6, 6.07) is 2.81. The first-order valence-electron chi connectivity index (χ1n) is 7.20. The summed E-state index contributed by atoms with van der Waals surface area (Å²) in [5.41, 5.74) is -0.526. The van der Waals surface area contributed by atoms with E-state index in [4.69, 9.17) is 0 Å². The minimum absolute atomic E-state index is 0.165. The molecule has 0 atom stereocenters. The van der Waals surface area contributed by atoms with Gasteiger partial charge in [0.15, 0.2) is 0 Å². The number of amides is 1. The molecule has 0 saturated carbocycles. The summed E-state index contributed by atoms with van der Waals surface area (Å²) >= 11 is 0. The van der Waals surface area contributed by atoms with E-state index in [-0.39, 0.29) is 11.5 Å². The van der Waals surface area contributed by atoms with Crippen LogP contribution in [0.3, 0.4) is 0 Å². The smallest absolute Gasteiger partial charge is 0.309 e. The van der Waals surface area contributed by atoms with E-state index in [2.05, 4.69) is 4.98 Å². The third-order valence-electron chi connectivity index (χ3n) is 4.22. The zero-order chi connectivity index (χ0) is 15.5. The van der Waals surface area contributed by atoms with Gasteiger partial charge in [-0.2, -0.15) is 0 Å². The van der Waals surface area contributed by atoms with E-state index >= 15 is 0 Å². The van der Waals surface area contributed by atoms with Gasteiger partial charge in [0.2, 0.25) is 5.56 Å². The summed E-state index contributed by atoms with van der Waals surface area (Å²) in [4.78, 5) is 39.0. The fourth-order valence-corrected chi connectivity index (χ4v) is 2.91. The average molecular weight is 292 g/mol. The number of likely N-dealkylation sites (tertiary alicyclic amines) is 1. The Kier molecular flexibility index (Phi) is 4.45. The van der Waals surface area contributed by atoms with E-state index in [0.29, 0.717) is 37.9 Å². The highest BCUT2D eigenvalue weighted by molar-refractivity contribution is 5.94. The van der Waals surface area contributed by atoms with Gasteiger partial charge in [-0.25, -0.2) is 0 Å². The summed E-state index contributed by atoms with van der Waals surface area (Å²) in [5.74, 6) is -0.928. The lowest BCUT2D eigenvalue weighted by Gasteiger charge is -2.38. The monoisotopic (exact) mass is 292 g/mol.